The quantitative estimate of drug-likeness (QED) is 0.636. The van der Waals surface area contributed by atoms with Gasteiger partial charge >= 0.3 is 12.3 Å². The summed E-state index contributed by atoms with van der Waals surface area (Å²) >= 11 is 5.58. The lowest BCUT2D eigenvalue weighted by Crippen LogP contribution is -2.34. The maximum Gasteiger partial charge on any atom is 0.417 e. The third kappa shape index (κ3) is 6.43. The molecule has 1 aromatic carbocycles. The minimum atomic E-state index is -4.60. The van der Waals surface area contributed by atoms with Crippen LogP contribution >= 0.6 is 11.6 Å². The molecule has 1 amide bonds. The summed E-state index contributed by atoms with van der Waals surface area (Å²) in [7, 11) is 0. The molecule has 0 saturated carbocycles. The number of nitrogens with two attached hydrogens (primary N) is 1. The van der Waals surface area contributed by atoms with E-state index in [1.807, 2.05) is 0 Å². The van der Waals surface area contributed by atoms with Gasteiger partial charge in [-0.05, 0) is 26.8 Å². The first kappa shape index (κ1) is 19.2. The van der Waals surface area contributed by atoms with Crippen LogP contribution in [0.2, 0.25) is 5.02 Å². The second-order valence-electron chi connectivity index (χ2n) is 5.64. The van der Waals surface area contributed by atoms with Crippen LogP contribution in [0.1, 0.15) is 26.3 Å². The van der Waals surface area contributed by atoms with Gasteiger partial charge < -0.3 is 20.5 Å². The zero-order valence-electron chi connectivity index (χ0n) is 12.9. The summed E-state index contributed by atoms with van der Waals surface area (Å²) in [5.74, 6) is 0.00832. The number of nitrogen functional groups attached to an aromatic ring is 1. The highest BCUT2D eigenvalue weighted by Gasteiger charge is 2.34. The van der Waals surface area contributed by atoms with Gasteiger partial charge in [0.1, 0.15) is 18.0 Å². The van der Waals surface area contributed by atoms with Crippen LogP contribution in [-0.4, -0.2) is 24.8 Å². The number of carbonyl (C=O) groups is 1. The molecule has 0 aliphatic heterocycles. The molecule has 5 nitrogen and oxygen atoms in total. The van der Waals surface area contributed by atoms with Crippen molar-refractivity contribution < 1.29 is 27.4 Å². The van der Waals surface area contributed by atoms with Crippen LogP contribution < -0.4 is 15.8 Å². The van der Waals surface area contributed by atoms with E-state index in [0.29, 0.717) is 6.07 Å². The Hall–Kier alpha value is -1.83. The van der Waals surface area contributed by atoms with E-state index in [1.54, 1.807) is 20.8 Å². The van der Waals surface area contributed by atoms with Gasteiger partial charge in [0.05, 0.1) is 22.8 Å². The standard InChI is InChI=1S/C14H18ClF3N2O3/c1-13(2,3)23-12(21)20-4-5-22-11-7-9(15)8(6-10(11)19)14(16,17)18/h6-7H,4-5,19H2,1-3H3,(H,20,21). The van der Waals surface area contributed by atoms with Gasteiger partial charge in [-0.2, -0.15) is 13.2 Å². The zero-order valence-corrected chi connectivity index (χ0v) is 13.6. The molecule has 0 bridgehead atoms. The molecule has 0 heterocycles. The zero-order chi connectivity index (χ0) is 17.8. The number of alkyl carbamates (subject to hydrolysis) is 1. The number of anilines is 1. The van der Waals surface area contributed by atoms with Crippen LogP contribution in [0.15, 0.2) is 12.1 Å². The average Bonchev–Trinajstić information content (AvgIpc) is 2.34. The maximum absolute atomic E-state index is 12.6. The third-order valence-electron chi connectivity index (χ3n) is 2.43. The van der Waals surface area contributed by atoms with Crippen molar-refractivity contribution in [3.05, 3.63) is 22.7 Å². The normalized spacial score (nSPS) is 12.0. The summed E-state index contributed by atoms with van der Waals surface area (Å²) in [6.45, 7) is 5.23. The molecule has 0 aliphatic rings. The Morgan fingerprint density at radius 3 is 2.43 bits per heavy atom. The van der Waals surface area contributed by atoms with Gasteiger partial charge in [-0.3, -0.25) is 0 Å². The summed E-state index contributed by atoms with van der Waals surface area (Å²) < 4.78 is 48.2. The second kappa shape index (κ2) is 7.16. The summed E-state index contributed by atoms with van der Waals surface area (Å²) in [6, 6.07) is 1.70. The van der Waals surface area contributed by atoms with Crippen molar-refractivity contribution in [3.8, 4) is 5.75 Å². The van der Waals surface area contributed by atoms with Crippen molar-refractivity contribution in [2.45, 2.75) is 32.5 Å². The first-order chi connectivity index (χ1) is 10.4. The number of halogens is 4. The van der Waals surface area contributed by atoms with Crippen molar-refractivity contribution in [1.29, 1.82) is 0 Å². The molecule has 1 aromatic rings. The fourth-order valence-electron chi connectivity index (χ4n) is 1.54. The number of nitrogens with one attached hydrogen (secondary N) is 1. The van der Waals surface area contributed by atoms with Gasteiger partial charge in [0.15, 0.2) is 0 Å². The first-order valence-corrected chi connectivity index (χ1v) is 7.04. The van der Waals surface area contributed by atoms with Crippen molar-refractivity contribution >= 4 is 23.4 Å². The van der Waals surface area contributed by atoms with Gasteiger partial charge in [-0.25, -0.2) is 4.79 Å². The highest BCUT2D eigenvalue weighted by atomic mass is 35.5. The predicted molar refractivity (Wildman–Crippen MR) is 80.6 cm³/mol. The van der Waals surface area contributed by atoms with Crippen LogP contribution in [-0.2, 0) is 10.9 Å². The number of rotatable bonds is 4. The van der Waals surface area contributed by atoms with Gasteiger partial charge in [-0.15, -0.1) is 0 Å². The number of benzene rings is 1. The minimum Gasteiger partial charge on any atom is -0.490 e. The Labute approximate surface area is 136 Å². The third-order valence-corrected chi connectivity index (χ3v) is 2.75. The molecule has 0 saturated heterocycles. The van der Waals surface area contributed by atoms with Crippen LogP contribution in [0, 0.1) is 0 Å². The van der Waals surface area contributed by atoms with Gasteiger partial charge in [-0.1, -0.05) is 11.6 Å². The van der Waals surface area contributed by atoms with E-state index < -0.39 is 28.5 Å². The van der Waals surface area contributed by atoms with Crippen molar-refractivity contribution in [1.82, 2.24) is 5.32 Å². The molecule has 9 heteroatoms. The van der Waals surface area contributed by atoms with Gasteiger partial charge in [0.2, 0.25) is 0 Å². The molecule has 130 valence electrons. The molecule has 1 rings (SSSR count). The van der Waals surface area contributed by atoms with Crippen molar-refractivity contribution in [2.24, 2.45) is 0 Å². The Morgan fingerprint density at radius 1 is 1.30 bits per heavy atom. The van der Waals surface area contributed by atoms with E-state index in [0.717, 1.165) is 6.07 Å². The first-order valence-electron chi connectivity index (χ1n) is 6.66. The molecule has 0 aromatic heterocycles. The lowest BCUT2D eigenvalue weighted by molar-refractivity contribution is -0.137. The fourth-order valence-corrected chi connectivity index (χ4v) is 1.80. The van der Waals surface area contributed by atoms with E-state index >= 15 is 0 Å². The van der Waals surface area contributed by atoms with E-state index in [2.05, 4.69) is 5.32 Å². The van der Waals surface area contributed by atoms with E-state index in [-0.39, 0.29) is 24.6 Å². The second-order valence-corrected chi connectivity index (χ2v) is 6.05. The van der Waals surface area contributed by atoms with Crippen molar-refractivity contribution in [2.75, 3.05) is 18.9 Å². The summed E-state index contributed by atoms with van der Waals surface area (Å²) in [4.78, 5) is 11.4. The number of ether oxygens (including phenoxy) is 2. The number of hydrogen-bond donors (Lipinski definition) is 2. The summed E-state index contributed by atoms with van der Waals surface area (Å²) in [5.41, 5.74) is 3.66. The van der Waals surface area contributed by atoms with Crippen LogP contribution in [0.3, 0.4) is 0 Å². The largest absolute Gasteiger partial charge is 0.490 e. The summed E-state index contributed by atoms with van der Waals surface area (Å²) in [5, 5.41) is 1.93. The van der Waals surface area contributed by atoms with Crippen LogP contribution in [0.5, 0.6) is 5.75 Å². The molecule has 3 N–H and O–H groups in total. The number of hydrogen-bond acceptors (Lipinski definition) is 4. The maximum atomic E-state index is 12.6. The number of carbonyl (C=O) groups excluding carboxylic acids is 1. The lowest BCUT2D eigenvalue weighted by Gasteiger charge is -2.19. The molecule has 23 heavy (non-hydrogen) atoms. The Bertz CT molecular complexity index is 572. The highest BCUT2D eigenvalue weighted by Crippen LogP contribution is 2.39. The van der Waals surface area contributed by atoms with Gasteiger partial charge in [0, 0.05) is 6.07 Å². The fraction of sp³-hybridized carbons (Fsp3) is 0.500. The highest BCUT2D eigenvalue weighted by molar-refractivity contribution is 6.31. The molecular weight excluding hydrogens is 337 g/mol. The molecule has 0 spiro atoms. The average molecular weight is 355 g/mol. The topological polar surface area (TPSA) is 73.6 Å². The SMILES string of the molecule is CC(C)(C)OC(=O)NCCOc1cc(Cl)c(C(F)(F)F)cc1N. The molecular formula is C14H18ClF3N2O3. The smallest absolute Gasteiger partial charge is 0.417 e. The molecule has 0 atom stereocenters. The van der Waals surface area contributed by atoms with E-state index in [1.165, 1.54) is 0 Å². The Balaban J connectivity index is 2.56. The lowest BCUT2D eigenvalue weighted by atomic mass is 10.2. The monoisotopic (exact) mass is 354 g/mol. The molecule has 0 radical (unpaired) electrons. The minimum absolute atomic E-state index is 0.00832. The van der Waals surface area contributed by atoms with Gasteiger partial charge in [0.25, 0.3) is 0 Å². The Morgan fingerprint density at radius 2 is 1.91 bits per heavy atom. The molecule has 0 fully saturated rings. The van der Waals surface area contributed by atoms with Crippen LogP contribution in [0.4, 0.5) is 23.7 Å². The molecule has 0 unspecified atom stereocenters. The summed E-state index contributed by atoms with van der Waals surface area (Å²) in [6.07, 6.45) is -5.22. The number of alkyl halides is 3. The Kier molecular flexibility index (Phi) is 5.98. The number of amides is 1. The predicted octanol–water partition coefficient (Wildman–Crippen LogP) is 3.84. The van der Waals surface area contributed by atoms with Crippen LogP contribution in [0.25, 0.3) is 0 Å². The molecule has 0 aliphatic carbocycles. The van der Waals surface area contributed by atoms with Crippen molar-refractivity contribution in [3.63, 3.8) is 0 Å². The van der Waals surface area contributed by atoms with E-state index in [4.69, 9.17) is 26.8 Å². The van der Waals surface area contributed by atoms with E-state index in [9.17, 15) is 18.0 Å².